The molecule has 0 aliphatic heterocycles. The first-order valence-corrected chi connectivity index (χ1v) is 10.0. The predicted molar refractivity (Wildman–Crippen MR) is 112 cm³/mol. The van der Waals surface area contributed by atoms with E-state index in [0.717, 1.165) is 23.4 Å². The first-order valence-electron chi connectivity index (χ1n) is 9.27. The van der Waals surface area contributed by atoms with E-state index < -0.39 is 0 Å². The number of benzene rings is 1. The Morgan fingerprint density at radius 1 is 1.25 bits per heavy atom. The van der Waals surface area contributed by atoms with E-state index in [-0.39, 0.29) is 11.9 Å². The number of aromatic nitrogens is 4. The van der Waals surface area contributed by atoms with Gasteiger partial charge in [-0.3, -0.25) is 4.79 Å². The molecule has 3 rings (SSSR count). The van der Waals surface area contributed by atoms with E-state index in [1.54, 1.807) is 22.7 Å². The van der Waals surface area contributed by atoms with Crippen LogP contribution in [-0.2, 0) is 11.2 Å². The minimum absolute atomic E-state index is 0.0421. The number of carbonyl (C=O) groups is 1. The highest BCUT2D eigenvalue weighted by atomic mass is 35.5. The Morgan fingerprint density at radius 2 is 2.00 bits per heavy atom. The molecule has 2 aromatic heterocycles. The van der Waals surface area contributed by atoms with E-state index in [1.165, 1.54) is 0 Å². The molecule has 1 aromatic carbocycles. The molecular formula is C20H23Cl2N5O. The monoisotopic (exact) mass is 419 g/mol. The molecule has 0 spiro atoms. The second-order valence-corrected chi connectivity index (χ2v) is 7.75. The molecule has 8 heteroatoms. The molecule has 6 nitrogen and oxygen atoms in total. The Bertz CT molecular complexity index is 1030. The van der Waals surface area contributed by atoms with Crippen molar-refractivity contribution in [1.82, 2.24) is 24.9 Å². The van der Waals surface area contributed by atoms with Crippen molar-refractivity contribution in [3.63, 3.8) is 0 Å². The molecule has 3 aromatic rings. The molecule has 2 heterocycles. The van der Waals surface area contributed by atoms with E-state index in [0.29, 0.717) is 40.1 Å². The average molecular weight is 420 g/mol. The fourth-order valence-corrected chi connectivity index (χ4v) is 3.54. The van der Waals surface area contributed by atoms with Gasteiger partial charge < -0.3 is 5.32 Å². The van der Waals surface area contributed by atoms with Gasteiger partial charge in [0.15, 0.2) is 5.82 Å². The fraction of sp³-hybridized carbons (Fsp3) is 0.400. The predicted octanol–water partition coefficient (Wildman–Crippen LogP) is 4.56. The number of amides is 1. The van der Waals surface area contributed by atoms with Crippen LogP contribution < -0.4 is 5.32 Å². The van der Waals surface area contributed by atoms with Crippen LogP contribution in [0.5, 0.6) is 0 Å². The fourth-order valence-electron chi connectivity index (χ4n) is 3.04. The summed E-state index contributed by atoms with van der Waals surface area (Å²) in [5, 5.41) is 8.61. The highest BCUT2D eigenvalue weighted by molar-refractivity contribution is 6.36. The maximum atomic E-state index is 12.1. The first kappa shape index (κ1) is 20.6. The Hall–Kier alpha value is -2.18. The zero-order valence-corrected chi connectivity index (χ0v) is 17.9. The van der Waals surface area contributed by atoms with Crippen molar-refractivity contribution in [2.24, 2.45) is 0 Å². The van der Waals surface area contributed by atoms with E-state index in [4.69, 9.17) is 23.2 Å². The van der Waals surface area contributed by atoms with Gasteiger partial charge in [0.1, 0.15) is 0 Å². The zero-order valence-electron chi connectivity index (χ0n) is 16.4. The van der Waals surface area contributed by atoms with Crippen molar-refractivity contribution in [3.05, 3.63) is 45.2 Å². The summed E-state index contributed by atoms with van der Waals surface area (Å²) in [4.78, 5) is 21.2. The normalized spacial score (nSPS) is 12.4. The molecule has 1 N–H and O–H groups in total. The smallest absolute Gasteiger partial charge is 0.253 e. The molecule has 1 amide bonds. The van der Waals surface area contributed by atoms with E-state index >= 15 is 0 Å². The molecule has 0 radical (unpaired) electrons. The molecule has 0 fully saturated rings. The number of nitrogens with zero attached hydrogens (tertiary/aromatic N) is 4. The Kier molecular flexibility index (Phi) is 6.20. The van der Waals surface area contributed by atoms with Gasteiger partial charge in [-0.2, -0.15) is 4.98 Å². The topological polar surface area (TPSA) is 72.2 Å². The lowest BCUT2D eigenvalue weighted by molar-refractivity contribution is -0.121. The lowest BCUT2D eigenvalue weighted by atomic mass is 10.1. The molecule has 0 aliphatic rings. The van der Waals surface area contributed by atoms with Gasteiger partial charge in [-0.05, 0) is 57.4 Å². The SMILES string of the molecule is CCC(C)NC(=O)CCc1c(C)nc2nc(-c3ccc(Cl)cc3Cl)nn2c1C. The van der Waals surface area contributed by atoms with E-state index in [1.807, 2.05) is 27.7 Å². The van der Waals surface area contributed by atoms with Crippen molar-refractivity contribution in [2.45, 2.75) is 53.0 Å². The third kappa shape index (κ3) is 4.28. The van der Waals surface area contributed by atoms with Crippen molar-refractivity contribution in [1.29, 1.82) is 0 Å². The summed E-state index contributed by atoms with van der Waals surface area (Å²) in [6, 6.07) is 5.39. The summed E-state index contributed by atoms with van der Waals surface area (Å²) < 4.78 is 1.70. The van der Waals surface area contributed by atoms with Crippen LogP contribution in [0.15, 0.2) is 18.2 Å². The number of aryl methyl sites for hydroxylation is 2. The molecule has 0 bridgehead atoms. The number of fused-ring (bicyclic) bond motifs is 1. The Morgan fingerprint density at radius 3 is 2.68 bits per heavy atom. The number of rotatable bonds is 6. The number of nitrogens with one attached hydrogen (secondary N) is 1. The van der Waals surface area contributed by atoms with Gasteiger partial charge in [0.2, 0.25) is 5.91 Å². The molecule has 1 unspecified atom stereocenters. The van der Waals surface area contributed by atoms with Gasteiger partial charge in [0.05, 0.1) is 5.02 Å². The van der Waals surface area contributed by atoms with Crippen LogP contribution in [0.2, 0.25) is 10.0 Å². The number of halogens is 2. The third-order valence-corrected chi connectivity index (χ3v) is 5.39. The molecule has 1 atom stereocenters. The minimum atomic E-state index is 0.0421. The lowest BCUT2D eigenvalue weighted by Gasteiger charge is -2.13. The van der Waals surface area contributed by atoms with Crippen molar-refractivity contribution in [2.75, 3.05) is 0 Å². The summed E-state index contributed by atoms with van der Waals surface area (Å²) in [7, 11) is 0. The number of carbonyl (C=O) groups excluding carboxylic acids is 1. The Labute approximate surface area is 174 Å². The van der Waals surface area contributed by atoms with Gasteiger partial charge in [0.25, 0.3) is 5.78 Å². The second-order valence-electron chi connectivity index (χ2n) is 6.91. The zero-order chi connectivity index (χ0) is 20.4. The standard InChI is InChI=1S/C20H23Cl2N5O/c1-5-11(2)23-18(28)9-8-15-12(3)24-20-25-19(26-27(20)13(15)4)16-7-6-14(21)10-17(16)22/h6-7,10-11H,5,8-9H2,1-4H3,(H,23,28). The average Bonchev–Trinajstić information content (AvgIpc) is 3.05. The van der Waals surface area contributed by atoms with E-state index in [2.05, 4.69) is 20.4 Å². The molecule has 148 valence electrons. The summed E-state index contributed by atoms with van der Waals surface area (Å²) in [5.74, 6) is 1.03. The lowest BCUT2D eigenvalue weighted by Crippen LogP contribution is -2.32. The van der Waals surface area contributed by atoms with E-state index in [9.17, 15) is 4.79 Å². The van der Waals surface area contributed by atoms with Gasteiger partial charge in [-0.1, -0.05) is 30.1 Å². The van der Waals surface area contributed by atoms with Crippen LogP contribution in [0.4, 0.5) is 0 Å². The van der Waals surface area contributed by atoms with Crippen LogP contribution in [-0.4, -0.2) is 31.5 Å². The number of hydrogen-bond donors (Lipinski definition) is 1. The first-order chi connectivity index (χ1) is 13.3. The minimum Gasteiger partial charge on any atom is -0.354 e. The van der Waals surface area contributed by atoms with Gasteiger partial charge in [-0.25, -0.2) is 9.50 Å². The summed E-state index contributed by atoms with van der Waals surface area (Å²) in [6.07, 6.45) is 1.91. The Balaban J connectivity index is 1.91. The maximum absolute atomic E-state index is 12.1. The van der Waals surface area contributed by atoms with Gasteiger partial charge in [-0.15, -0.1) is 5.10 Å². The van der Waals surface area contributed by atoms with Crippen LogP contribution in [0.1, 0.15) is 43.6 Å². The van der Waals surface area contributed by atoms with Crippen LogP contribution in [0, 0.1) is 13.8 Å². The highest BCUT2D eigenvalue weighted by Crippen LogP contribution is 2.29. The van der Waals surface area contributed by atoms with Crippen molar-refractivity contribution < 1.29 is 4.79 Å². The third-order valence-electron chi connectivity index (χ3n) is 4.84. The van der Waals surface area contributed by atoms with Crippen molar-refractivity contribution >= 4 is 34.9 Å². The molecule has 0 saturated heterocycles. The maximum Gasteiger partial charge on any atom is 0.253 e. The summed E-state index contributed by atoms with van der Waals surface area (Å²) >= 11 is 12.3. The van der Waals surface area contributed by atoms with Crippen molar-refractivity contribution in [3.8, 4) is 11.4 Å². The van der Waals surface area contributed by atoms with Gasteiger partial charge in [0, 0.05) is 34.4 Å². The number of hydrogen-bond acceptors (Lipinski definition) is 4. The molecule has 0 saturated carbocycles. The highest BCUT2D eigenvalue weighted by Gasteiger charge is 2.17. The molecule has 0 aliphatic carbocycles. The van der Waals surface area contributed by atoms with Crippen LogP contribution >= 0.6 is 23.2 Å². The van der Waals surface area contributed by atoms with Crippen LogP contribution in [0.25, 0.3) is 17.2 Å². The summed E-state index contributed by atoms with van der Waals surface area (Å²) in [5.41, 5.74) is 3.47. The van der Waals surface area contributed by atoms with Crippen LogP contribution in [0.3, 0.4) is 0 Å². The van der Waals surface area contributed by atoms with Gasteiger partial charge >= 0.3 is 0 Å². The summed E-state index contributed by atoms with van der Waals surface area (Å²) in [6.45, 7) is 7.94. The second kappa shape index (κ2) is 8.45. The quantitative estimate of drug-likeness (QED) is 0.635. The molecular weight excluding hydrogens is 397 g/mol. The largest absolute Gasteiger partial charge is 0.354 e. The molecule has 28 heavy (non-hydrogen) atoms.